The zero-order valence-electron chi connectivity index (χ0n) is 12.4. The number of halogens is 2. The summed E-state index contributed by atoms with van der Waals surface area (Å²) in [6, 6.07) is 4.57. The van der Waals surface area contributed by atoms with E-state index < -0.39 is 17.4 Å². The van der Waals surface area contributed by atoms with E-state index in [0.29, 0.717) is 28.1 Å². The summed E-state index contributed by atoms with van der Waals surface area (Å²) in [4.78, 5) is 4.13. The van der Waals surface area contributed by atoms with Crippen LogP contribution >= 0.6 is 11.3 Å². The molecule has 9 heteroatoms. The largest absolute Gasteiger partial charge is 0.364 e. The lowest BCUT2D eigenvalue weighted by Crippen LogP contribution is -2.48. The second kappa shape index (κ2) is 5.90. The van der Waals surface area contributed by atoms with Crippen LogP contribution in [0.2, 0.25) is 0 Å². The number of nitrogens with one attached hydrogen (secondary N) is 1. The number of aromatic nitrogens is 4. The van der Waals surface area contributed by atoms with E-state index in [1.54, 1.807) is 6.07 Å². The molecule has 3 aromatic heterocycles. The number of nitrogens with zero attached hydrogens (tertiary/aromatic N) is 4. The van der Waals surface area contributed by atoms with E-state index in [1.165, 1.54) is 35.9 Å². The molecule has 0 unspecified atom stereocenters. The first kappa shape index (κ1) is 15.1. The summed E-state index contributed by atoms with van der Waals surface area (Å²) in [6.45, 7) is 0.342. The molecule has 4 rings (SSSR count). The Balaban J connectivity index is 1.52. The van der Waals surface area contributed by atoms with Gasteiger partial charge in [-0.05, 0) is 25.0 Å². The minimum atomic E-state index is -0.937. The first-order valence-corrected chi connectivity index (χ1v) is 8.21. The third-order valence-electron chi connectivity index (χ3n) is 4.15. The van der Waals surface area contributed by atoms with Crippen molar-refractivity contribution in [3.05, 3.63) is 42.2 Å². The van der Waals surface area contributed by atoms with Crippen molar-refractivity contribution in [1.29, 1.82) is 0 Å². The van der Waals surface area contributed by atoms with Crippen LogP contribution in [0.4, 0.5) is 13.9 Å². The summed E-state index contributed by atoms with van der Waals surface area (Å²) in [6.07, 6.45) is 2.53. The normalized spacial score (nSPS) is 23.0. The van der Waals surface area contributed by atoms with Gasteiger partial charge < -0.3 is 9.84 Å². The van der Waals surface area contributed by atoms with E-state index in [1.807, 2.05) is 0 Å². The Morgan fingerprint density at radius 1 is 1.33 bits per heavy atom. The summed E-state index contributed by atoms with van der Waals surface area (Å²) in [5, 5.41) is 16.2. The molecular formula is C15H13F2N5OS. The van der Waals surface area contributed by atoms with E-state index >= 15 is 0 Å². The Labute approximate surface area is 139 Å². The predicted octanol–water partition coefficient (Wildman–Crippen LogP) is 3.21. The Hall–Kier alpha value is -2.42. The highest BCUT2D eigenvalue weighted by molar-refractivity contribution is 7.18. The minimum absolute atomic E-state index is 0.239. The molecule has 3 aromatic rings. The van der Waals surface area contributed by atoms with Gasteiger partial charge in [-0.25, -0.2) is 8.78 Å². The van der Waals surface area contributed by atoms with Gasteiger partial charge in [-0.15, -0.1) is 10.2 Å². The number of pyridine rings is 1. The van der Waals surface area contributed by atoms with Crippen molar-refractivity contribution in [2.75, 3.05) is 11.9 Å². The minimum Gasteiger partial charge on any atom is -0.364 e. The highest BCUT2D eigenvalue weighted by Crippen LogP contribution is 2.45. The molecule has 1 fully saturated rings. The lowest BCUT2D eigenvalue weighted by molar-refractivity contribution is 0.0965. The van der Waals surface area contributed by atoms with Crippen molar-refractivity contribution in [1.82, 2.24) is 20.3 Å². The standard InChI is InChI=1S/C15H13F2N5OS/c16-9-6-15(7-9,12-10(17)2-1-4-18-12)8-19-14-21-20-13(24-14)11-3-5-23-22-11/h1-5,9H,6-8H2,(H,19,21)/t9-,15-. The second-order valence-electron chi connectivity index (χ2n) is 5.77. The Morgan fingerprint density at radius 2 is 2.21 bits per heavy atom. The van der Waals surface area contributed by atoms with Crippen LogP contribution in [0.5, 0.6) is 0 Å². The molecule has 0 spiro atoms. The summed E-state index contributed by atoms with van der Waals surface area (Å²) < 4.78 is 32.4. The van der Waals surface area contributed by atoms with E-state index in [2.05, 4.69) is 25.7 Å². The monoisotopic (exact) mass is 349 g/mol. The Kier molecular flexibility index (Phi) is 3.72. The average molecular weight is 349 g/mol. The maximum absolute atomic E-state index is 14.1. The van der Waals surface area contributed by atoms with Crippen molar-refractivity contribution < 1.29 is 13.3 Å². The summed E-state index contributed by atoms with van der Waals surface area (Å²) in [7, 11) is 0. The van der Waals surface area contributed by atoms with Gasteiger partial charge in [0, 0.05) is 24.2 Å². The molecule has 124 valence electrons. The highest BCUT2D eigenvalue weighted by Gasteiger charge is 2.48. The van der Waals surface area contributed by atoms with E-state index in [0.717, 1.165) is 0 Å². The first-order chi connectivity index (χ1) is 11.7. The third-order valence-corrected chi connectivity index (χ3v) is 5.05. The molecule has 1 aliphatic rings. The number of hydrogen-bond donors (Lipinski definition) is 1. The van der Waals surface area contributed by atoms with Gasteiger partial charge in [-0.3, -0.25) is 4.98 Å². The van der Waals surface area contributed by atoms with Crippen molar-refractivity contribution >= 4 is 16.5 Å². The average Bonchev–Trinajstić information content (AvgIpc) is 3.22. The van der Waals surface area contributed by atoms with Crippen molar-refractivity contribution in [3.63, 3.8) is 0 Å². The quantitative estimate of drug-likeness (QED) is 0.762. The topological polar surface area (TPSA) is 76.7 Å². The van der Waals surface area contributed by atoms with Crippen LogP contribution in [0, 0.1) is 5.82 Å². The SMILES string of the molecule is Fc1cccnc1[C@]1(CNc2nnc(-c3ccon3)s2)C[C@@H](F)C1. The van der Waals surface area contributed by atoms with Gasteiger partial charge in [0.05, 0.1) is 5.69 Å². The molecule has 24 heavy (non-hydrogen) atoms. The van der Waals surface area contributed by atoms with E-state index in [-0.39, 0.29) is 12.8 Å². The smallest absolute Gasteiger partial charge is 0.206 e. The molecule has 0 amide bonds. The maximum atomic E-state index is 14.1. The van der Waals surface area contributed by atoms with Crippen LogP contribution in [0.3, 0.4) is 0 Å². The van der Waals surface area contributed by atoms with E-state index in [9.17, 15) is 8.78 Å². The summed E-state index contributed by atoms with van der Waals surface area (Å²) >= 11 is 1.30. The van der Waals surface area contributed by atoms with Crippen LogP contribution in [-0.4, -0.2) is 33.1 Å². The molecule has 0 aliphatic heterocycles. The maximum Gasteiger partial charge on any atom is 0.206 e. The van der Waals surface area contributed by atoms with Gasteiger partial charge >= 0.3 is 0 Å². The zero-order chi connectivity index (χ0) is 16.6. The molecular weight excluding hydrogens is 336 g/mol. The number of anilines is 1. The van der Waals surface area contributed by atoms with Gasteiger partial charge in [-0.1, -0.05) is 16.5 Å². The zero-order valence-corrected chi connectivity index (χ0v) is 13.3. The molecule has 0 bridgehead atoms. The van der Waals surface area contributed by atoms with Crippen LogP contribution in [0.1, 0.15) is 18.5 Å². The third kappa shape index (κ3) is 2.64. The van der Waals surface area contributed by atoms with Crippen LogP contribution in [0.25, 0.3) is 10.7 Å². The number of alkyl halides is 1. The van der Waals surface area contributed by atoms with Gasteiger partial charge in [0.15, 0.2) is 5.01 Å². The molecule has 0 radical (unpaired) electrons. The molecule has 6 nitrogen and oxygen atoms in total. The molecule has 1 N–H and O–H groups in total. The molecule has 1 aliphatic carbocycles. The van der Waals surface area contributed by atoms with Crippen molar-refractivity contribution in [2.24, 2.45) is 0 Å². The first-order valence-electron chi connectivity index (χ1n) is 7.39. The summed E-state index contributed by atoms with van der Waals surface area (Å²) in [5.41, 5.74) is 0.232. The van der Waals surface area contributed by atoms with Gasteiger partial charge in [0.1, 0.15) is 23.9 Å². The van der Waals surface area contributed by atoms with Crippen LogP contribution < -0.4 is 5.32 Å². The van der Waals surface area contributed by atoms with Gasteiger partial charge in [-0.2, -0.15) is 0 Å². The lowest BCUT2D eigenvalue weighted by atomic mass is 9.65. The van der Waals surface area contributed by atoms with Gasteiger partial charge in [0.2, 0.25) is 5.13 Å². The Bertz CT molecular complexity index is 832. The number of hydrogen-bond acceptors (Lipinski definition) is 7. The fourth-order valence-corrected chi connectivity index (χ4v) is 3.65. The predicted molar refractivity (Wildman–Crippen MR) is 83.9 cm³/mol. The highest BCUT2D eigenvalue weighted by atomic mass is 32.1. The molecule has 3 heterocycles. The fourth-order valence-electron chi connectivity index (χ4n) is 2.95. The molecule has 0 atom stereocenters. The van der Waals surface area contributed by atoms with Crippen LogP contribution in [-0.2, 0) is 5.41 Å². The van der Waals surface area contributed by atoms with Crippen molar-refractivity contribution in [2.45, 2.75) is 24.4 Å². The number of rotatable bonds is 5. The summed E-state index contributed by atoms with van der Waals surface area (Å²) in [5.74, 6) is -0.410. The van der Waals surface area contributed by atoms with Crippen LogP contribution in [0.15, 0.2) is 35.2 Å². The lowest BCUT2D eigenvalue weighted by Gasteiger charge is -2.43. The molecule has 1 saturated carbocycles. The second-order valence-corrected chi connectivity index (χ2v) is 6.75. The Morgan fingerprint density at radius 3 is 2.92 bits per heavy atom. The fraction of sp³-hybridized carbons (Fsp3) is 0.333. The van der Waals surface area contributed by atoms with Crippen molar-refractivity contribution in [3.8, 4) is 10.7 Å². The van der Waals surface area contributed by atoms with Gasteiger partial charge in [0.25, 0.3) is 0 Å². The molecule has 0 saturated heterocycles. The molecule has 0 aromatic carbocycles. The van der Waals surface area contributed by atoms with E-state index in [4.69, 9.17) is 4.52 Å².